The third kappa shape index (κ3) is 8.26. The van der Waals surface area contributed by atoms with Crippen molar-refractivity contribution in [2.24, 2.45) is 16.5 Å². The van der Waals surface area contributed by atoms with E-state index in [1.165, 1.54) is 6.19 Å². The summed E-state index contributed by atoms with van der Waals surface area (Å²) in [6.45, 7) is 0.958. The standard InChI is InChI=1S/C3H6N2.C2H4N4/c1-2-4-5-3-1;3-1-6-2(4)5/h1-2,4-5H,3H2;(H4,4,5,6). The molecule has 11 heavy (non-hydrogen) atoms. The van der Waals surface area contributed by atoms with Crippen molar-refractivity contribution in [1.82, 2.24) is 10.9 Å². The Hall–Kier alpha value is -1.74. The van der Waals surface area contributed by atoms with Gasteiger partial charge in [0.1, 0.15) is 0 Å². The van der Waals surface area contributed by atoms with Crippen molar-refractivity contribution in [2.45, 2.75) is 0 Å². The molecule has 0 fully saturated rings. The van der Waals surface area contributed by atoms with E-state index in [2.05, 4.69) is 15.8 Å². The third-order valence-corrected chi connectivity index (χ3v) is 0.702. The molecular formula is C5H10N6. The van der Waals surface area contributed by atoms with Crippen LogP contribution in [0.15, 0.2) is 17.3 Å². The van der Waals surface area contributed by atoms with Gasteiger partial charge in [0, 0.05) is 12.7 Å². The molecule has 60 valence electrons. The summed E-state index contributed by atoms with van der Waals surface area (Å²) in [5, 5.41) is 7.64. The van der Waals surface area contributed by atoms with Crippen LogP contribution >= 0.6 is 0 Å². The summed E-state index contributed by atoms with van der Waals surface area (Å²) in [5.74, 6) is -0.197. The van der Waals surface area contributed by atoms with E-state index in [-0.39, 0.29) is 5.96 Å². The second-order valence-electron chi connectivity index (χ2n) is 1.56. The maximum atomic E-state index is 7.64. The Morgan fingerprint density at radius 2 is 2.36 bits per heavy atom. The molecule has 0 aromatic carbocycles. The highest BCUT2D eigenvalue weighted by molar-refractivity contribution is 5.76. The van der Waals surface area contributed by atoms with E-state index >= 15 is 0 Å². The number of hydrogen-bond acceptors (Lipinski definition) is 4. The molecule has 0 unspecified atom stereocenters. The normalized spacial score (nSPS) is 11.9. The van der Waals surface area contributed by atoms with Crippen LogP contribution in [0.5, 0.6) is 0 Å². The Bertz CT molecular complexity index is 178. The summed E-state index contributed by atoms with van der Waals surface area (Å²) in [5.41, 5.74) is 15.1. The first-order valence-corrected chi connectivity index (χ1v) is 2.88. The van der Waals surface area contributed by atoms with E-state index in [0.717, 1.165) is 6.54 Å². The van der Waals surface area contributed by atoms with E-state index in [4.69, 9.17) is 16.7 Å². The molecule has 0 bridgehead atoms. The van der Waals surface area contributed by atoms with E-state index in [1.807, 2.05) is 12.3 Å². The predicted octanol–water partition coefficient (Wildman–Crippen LogP) is -1.65. The highest BCUT2D eigenvalue weighted by atomic mass is 15.4. The molecule has 0 atom stereocenters. The lowest BCUT2D eigenvalue weighted by Gasteiger charge is -1.83. The van der Waals surface area contributed by atoms with Crippen molar-refractivity contribution in [3.05, 3.63) is 12.3 Å². The highest BCUT2D eigenvalue weighted by Gasteiger charge is 1.78. The first-order chi connectivity index (χ1) is 5.27. The molecule has 1 rings (SSSR count). The molecule has 0 aromatic rings. The van der Waals surface area contributed by atoms with Crippen molar-refractivity contribution in [2.75, 3.05) is 6.54 Å². The van der Waals surface area contributed by atoms with Crippen LogP contribution in [0, 0.1) is 11.5 Å². The SMILES string of the molecule is C1=CNNC1.N#CN=C(N)N. The van der Waals surface area contributed by atoms with Crippen LogP contribution in [0.3, 0.4) is 0 Å². The Morgan fingerprint density at radius 1 is 1.64 bits per heavy atom. The minimum Gasteiger partial charge on any atom is -0.369 e. The predicted molar refractivity (Wildman–Crippen MR) is 41.7 cm³/mol. The molecule has 1 aliphatic rings. The van der Waals surface area contributed by atoms with Crippen LogP contribution in [0.1, 0.15) is 0 Å². The molecule has 0 aliphatic carbocycles. The summed E-state index contributed by atoms with van der Waals surface area (Å²) < 4.78 is 0. The maximum absolute atomic E-state index is 7.64. The van der Waals surface area contributed by atoms with E-state index in [1.54, 1.807) is 0 Å². The number of rotatable bonds is 0. The summed E-state index contributed by atoms with van der Waals surface area (Å²) in [7, 11) is 0. The zero-order valence-corrected chi connectivity index (χ0v) is 5.91. The van der Waals surface area contributed by atoms with Gasteiger partial charge in [-0.2, -0.15) is 5.26 Å². The van der Waals surface area contributed by atoms with Crippen LogP contribution in [-0.4, -0.2) is 12.5 Å². The number of hydrazine groups is 1. The van der Waals surface area contributed by atoms with E-state index in [0.29, 0.717) is 0 Å². The van der Waals surface area contributed by atoms with Crippen molar-refractivity contribution in [3.8, 4) is 6.19 Å². The molecule has 0 saturated carbocycles. The molecule has 0 radical (unpaired) electrons. The van der Waals surface area contributed by atoms with Gasteiger partial charge in [-0.25, -0.2) is 5.43 Å². The molecule has 0 spiro atoms. The number of nitrogens with two attached hydrogens (primary N) is 2. The number of hydrogen-bond donors (Lipinski definition) is 4. The summed E-state index contributed by atoms with van der Waals surface area (Å²) in [6.07, 6.45) is 5.29. The number of nitrogens with one attached hydrogen (secondary N) is 2. The summed E-state index contributed by atoms with van der Waals surface area (Å²) in [6, 6.07) is 0. The first kappa shape index (κ1) is 9.26. The van der Waals surface area contributed by atoms with Gasteiger partial charge in [0.25, 0.3) is 0 Å². The van der Waals surface area contributed by atoms with E-state index < -0.39 is 0 Å². The van der Waals surface area contributed by atoms with Crippen molar-refractivity contribution in [1.29, 1.82) is 5.26 Å². The smallest absolute Gasteiger partial charge is 0.209 e. The fourth-order valence-electron chi connectivity index (χ4n) is 0.352. The van der Waals surface area contributed by atoms with E-state index in [9.17, 15) is 0 Å². The number of guanidine groups is 1. The van der Waals surface area contributed by atoms with Gasteiger partial charge in [-0.3, -0.25) is 0 Å². The fraction of sp³-hybridized carbons (Fsp3) is 0.200. The minimum absolute atomic E-state index is 0.197. The van der Waals surface area contributed by atoms with Gasteiger partial charge in [-0.1, -0.05) is 6.08 Å². The minimum atomic E-state index is -0.197. The fourth-order valence-corrected chi connectivity index (χ4v) is 0.352. The van der Waals surface area contributed by atoms with Crippen LogP contribution in [0.2, 0.25) is 0 Å². The van der Waals surface area contributed by atoms with Crippen molar-refractivity contribution in [3.63, 3.8) is 0 Å². The van der Waals surface area contributed by atoms with Gasteiger partial charge in [0.2, 0.25) is 12.2 Å². The van der Waals surface area contributed by atoms with Gasteiger partial charge >= 0.3 is 0 Å². The van der Waals surface area contributed by atoms with Crippen LogP contribution in [0.4, 0.5) is 0 Å². The molecule has 0 amide bonds. The van der Waals surface area contributed by atoms with Gasteiger partial charge in [0.05, 0.1) is 0 Å². The number of nitriles is 1. The zero-order chi connectivity index (χ0) is 8.53. The summed E-state index contributed by atoms with van der Waals surface area (Å²) >= 11 is 0. The Kier molecular flexibility index (Phi) is 5.37. The molecule has 6 N–H and O–H groups in total. The molecular weight excluding hydrogens is 144 g/mol. The second kappa shape index (κ2) is 6.38. The topological polar surface area (TPSA) is 112 Å². The Morgan fingerprint density at radius 3 is 2.45 bits per heavy atom. The Balaban J connectivity index is 0.000000183. The van der Waals surface area contributed by atoms with Crippen LogP contribution in [0.25, 0.3) is 0 Å². The zero-order valence-electron chi connectivity index (χ0n) is 5.91. The average Bonchev–Trinajstić information content (AvgIpc) is 2.41. The van der Waals surface area contributed by atoms with Gasteiger partial charge in [-0.05, 0) is 0 Å². The number of nitrogens with zero attached hydrogens (tertiary/aromatic N) is 2. The lowest BCUT2D eigenvalue weighted by Crippen LogP contribution is -2.21. The molecule has 1 heterocycles. The van der Waals surface area contributed by atoms with Crippen LogP contribution in [-0.2, 0) is 0 Å². The van der Waals surface area contributed by atoms with Crippen molar-refractivity contribution < 1.29 is 0 Å². The highest BCUT2D eigenvalue weighted by Crippen LogP contribution is 1.67. The molecule has 6 nitrogen and oxygen atoms in total. The second-order valence-corrected chi connectivity index (χ2v) is 1.56. The average molecular weight is 154 g/mol. The Labute approximate surface area is 64.5 Å². The largest absolute Gasteiger partial charge is 0.369 e. The monoisotopic (exact) mass is 154 g/mol. The maximum Gasteiger partial charge on any atom is 0.209 e. The quantitative estimate of drug-likeness (QED) is 0.190. The summed E-state index contributed by atoms with van der Waals surface area (Å²) in [4.78, 5) is 2.90. The van der Waals surface area contributed by atoms with Gasteiger partial charge in [-0.15, -0.1) is 4.99 Å². The number of aliphatic imine (C=N–C) groups is 1. The van der Waals surface area contributed by atoms with Gasteiger partial charge in [0.15, 0.2) is 0 Å². The molecule has 0 aromatic heterocycles. The first-order valence-electron chi connectivity index (χ1n) is 2.88. The lowest BCUT2D eigenvalue weighted by atomic mass is 10.7. The molecule has 1 aliphatic heterocycles. The molecule has 0 saturated heterocycles. The van der Waals surface area contributed by atoms with Crippen LogP contribution < -0.4 is 22.3 Å². The lowest BCUT2D eigenvalue weighted by molar-refractivity contribution is 0.727. The third-order valence-electron chi connectivity index (χ3n) is 0.702. The van der Waals surface area contributed by atoms with Gasteiger partial charge < -0.3 is 16.9 Å². The van der Waals surface area contributed by atoms with Crippen molar-refractivity contribution >= 4 is 5.96 Å². The molecule has 6 heteroatoms.